The highest BCUT2D eigenvalue weighted by Crippen LogP contribution is 2.32. The summed E-state index contributed by atoms with van der Waals surface area (Å²) in [5, 5.41) is 0. The van der Waals surface area contributed by atoms with Crippen LogP contribution in [0.15, 0.2) is 45.3 Å². The fraction of sp³-hybridized carbons (Fsp3) is 0.235. The average molecular weight is 428 g/mol. The Bertz CT molecular complexity index is 643. The molecule has 0 aromatic heterocycles. The normalized spacial score (nSPS) is 10.4. The lowest BCUT2D eigenvalue weighted by Gasteiger charge is -2.11. The lowest BCUT2D eigenvalue weighted by Crippen LogP contribution is -2.18. The molecule has 116 valence electrons. The van der Waals surface area contributed by atoms with Crippen LogP contribution in [0.4, 0.5) is 0 Å². The Labute approximate surface area is 146 Å². The minimum Gasteiger partial charge on any atom is -0.480 e. The van der Waals surface area contributed by atoms with Gasteiger partial charge in [0, 0.05) is 4.47 Å². The molecule has 0 N–H and O–H groups in total. The van der Waals surface area contributed by atoms with Gasteiger partial charge in [-0.25, -0.2) is 4.79 Å². The molecule has 0 bridgehead atoms. The van der Waals surface area contributed by atoms with E-state index in [2.05, 4.69) is 38.8 Å². The number of carbonyl (C=O) groups excluding carboxylic acids is 1. The maximum absolute atomic E-state index is 11.9. The molecule has 0 unspecified atom stereocenters. The van der Waals surface area contributed by atoms with E-state index in [1.165, 1.54) is 5.56 Å². The van der Waals surface area contributed by atoms with E-state index in [1.54, 1.807) is 12.1 Å². The molecule has 0 radical (unpaired) electrons. The highest BCUT2D eigenvalue weighted by Gasteiger charge is 2.11. The molecule has 2 aromatic rings. The Balaban J connectivity index is 1.95. The van der Waals surface area contributed by atoms with E-state index >= 15 is 0 Å². The monoisotopic (exact) mass is 426 g/mol. The standard InChI is InChI=1S/C17H16Br2O3/c1-3-12-4-6-14(7-5-12)22-16(20)10-21-17-11(2)8-13(18)9-15(17)19/h4-9H,3,10H2,1-2H3. The largest absolute Gasteiger partial charge is 0.480 e. The van der Waals surface area contributed by atoms with E-state index in [0.717, 1.165) is 20.9 Å². The van der Waals surface area contributed by atoms with Crippen LogP contribution in [-0.2, 0) is 11.2 Å². The summed E-state index contributed by atoms with van der Waals surface area (Å²) in [5.41, 5.74) is 2.13. The molecule has 0 aliphatic rings. The molecule has 2 aromatic carbocycles. The molecule has 0 aliphatic carbocycles. The molecular weight excluding hydrogens is 412 g/mol. The predicted octanol–water partition coefficient (Wildman–Crippen LogP) is 5.07. The number of aryl methyl sites for hydroxylation is 2. The number of halogens is 2. The zero-order chi connectivity index (χ0) is 16.1. The summed E-state index contributed by atoms with van der Waals surface area (Å²) in [6.45, 7) is 3.85. The van der Waals surface area contributed by atoms with E-state index in [4.69, 9.17) is 9.47 Å². The third-order valence-electron chi connectivity index (χ3n) is 3.09. The molecule has 0 spiro atoms. The maximum Gasteiger partial charge on any atom is 0.349 e. The summed E-state index contributed by atoms with van der Waals surface area (Å²) in [4.78, 5) is 11.9. The van der Waals surface area contributed by atoms with Gasteiger partial charge in [0.2, 0.25) is 0 Å². The van der Waals surface area contributed by atoms with E-state index in [9.17, 15) is 4.79 Å². The van der Waals surface area contributed by atoms with Gasteiger partial charge < -0.3 is 9.47 Å². The van der Waals surface area contributed by atoms with Gasteiger partial charge in [-0.15, -0.1) is 0 Å². The molecule has 3 nitrogen and oxygen atoms in total. The van der Waals surface area contributed by atoms with Crippen molar-refractivity contribution >= 4 is 37.8 Å². The van der Waals surface area contributed by atoms with Crippen molar-refractivity contribution in [2.75, 3.05) is 6.61 Å². The van der Waals surface area contributed by atoms with Crippen LogP contribution < -0.4 is 9.47 Å². The van der Waals surface area contributed by atoms with Crippen molar-refractivity contribution in [1.82, 2.24) is 0 Å². The van der Waals surface area contributed by atoms with Crippen LogP contribution in [0.2, 0.25) is 0 Å². The first-order valence-corrected chi connectivity index (χ1v) is 8.46. The molecule has 0 aliphatic heterocycles. The maximum atomic E-state index is 11.9. The number of benzene rings is 2. The van der Waals surface area contributed by atoms with E-state index in [0.29, 0.717) is 11.5 Å². The van der Waals surface area contributed by atoms with Gasteiger partial charge in [-0.2, -0.15) is 0 Å². The number of hydrogen-bond donors (Lipinski definition) is 0. The SMILES string of the molecule is CCc1ccc(OC(=O)COc2c(C)cc(Br)cc2Br)cc1. The van der Waals surface area contributed by atoms with Gasteiger partial charge in [-0.1, -0.05) is 35.0 Å². The second-order valence-corrected chi connectivity index (χ2v) is 6.56. The number of carbonyl (C=O) groups is 1. The first-order chi connectivity index (χ1) is 10.5. The van der Waals surface area contributed by atoms with Crippen molar-refractivity contribution < 1.29 is 14.3 Å². The van der Waals surface area contributed by atoms with Crippen molar-refractivity contribution in [2.45, 2.75) is 20.3 Å². The zero-order valence-electron chi connectivity index (χ0n) is 12.4. The molecule has 5 heteroatoms. The summed E-state index contributed by atoms with van der Waals surface area (Å²) in [6.07, 6.45) is 0.953. The lowest BCUT2D eigenvalue weighted by molar-refractivity contribution is -0.136. The zero-order valence-corrected chi connectivity index (χ0v) is 15.5. The summed E-state index contributed by atoms with van der Waals surface area (Å²) in [7, 11) is 0. The van der Waals surface area contributed by atoms with Gasteiger partial charge in [-0.3, -0.25) is 0 Å². The van der Waals surface area contributed by atoms with Crippen molar-refractivity contribution in [2.24, 2.45) is 0 Å². The first-order valence-electron chi connectivity index (χ1n) is 6.87. The fourth-order valence-electron chi connectivity index (χ4n) is 1.96. The van der Waals surface area contributed by atoms with Crippen LogP contribution in [0.5, 0.6) is 11.5 Å². The fourth-order valence-corrected chi connectivity index (χ4v) is 3.51. The number of esters is 1. The van der Waals surface area contributed by atoms with Gasteiger partial charge in [0.1, 0.15) is 11.5 Å². The van der Waals surface area contributed by atoms with E-state index < -0.39 is 5.97 Å². The molecule has 0 fully saturated rings. The number of rotatable bonds is 5. The van der Waals surface area contributed by atoms with Crippen LogP contribution in [0, 0.1) is 6.92 Å². The quantitative estimate of drug-likeness (QED) is 0.493. The van der Waals surface area contributed by atoms with Crippen molar-refractivity contribution in [3.8, 4) is 11.5 Å². The van der Waals surface area contributed by atoms with E-state index in [1.807, 2.05) is 31.2 Å². The van der Waals surface area contributed by atoms with Crippen LogP contribution in [0.25, 0.3) is 0 Å². The van der Waals surface area contributed by atoms with Crippen LogP contribution in [0.3, 0.4) is 0 Å². The summed E-state index contributed by atoms with van der Waals surface area (Å²) < 4.78 is 12.5. The Hall–Kier alpha value is -1.33. The molecular formula is C17H16Br2O3. The smallest absolute Gasteiger partial charge is 0.349 e. The molecule has 0 atom stereocenters. The van der Waals surface area contributed by atoms with Crippen LogP contribution >= 0.6 is 31.9 Å². The minimum atomic E-state index is -0.432. The van der Waals surface area contributed by atoms with Gasteiger partial charge in [0.25, 0.3) is 0 Å². The second-order valence-electron chi connectivity index (χ2n) is 4.79. The van der Waals surface area contributed by atoms with Gasteiger partial charge in [0.05, 0.1) is 4.47 Å². The Kier molecular flexibility index (Phi) is 6.03. The third kappa shape index (κ3) is 4.58. The summed E-state index contributed by atoms with van der Waals surface area (Å²) in [5.74, 6) is 0.734. The average Bonchev–Trinajstić information content (AvgIpc) is 2.47. The molecule has 0 saturated heterocycles. The Morgan fingerprint density at radius 3 is 2.41 bits per heavy atom. The van der Waals surface area contributed by atoms with Crippen molar-refractivity contribution in [3.05, 3.63) is 56.5 Å². The van der Waals surface area contributed by atoms with Crippen molar-refractivity contribution in [1.29, 1.82) is 0 Å². The molecule has 2 rings (SSSR count). The topological polar surface area (TPSA) is 35.5 Å². The molecule has 0 heterocycles. The van der Waals surface area contributed by atoms with Crippen LogP contribution in [-0.4, -0.2) is 12.6 Å². The molecule has 22 heavy (non-hydrogen) atoms. The lowest BCUT2D eigenvalue weighted by atomic mass is 10.2. The highest BCUT2D eigenvalue weighted by atomic mass is 79.9. The summed E-state index contributed by atoms with van der Waals surface area (Å²) in [6, 6.07) is 11.3. The van der Waals surface area contributed by atoms with Gasteiger partial charge >= 0.3 is 5.97 Å². The molecule has 0 amide bonds. The first kappa shape index (κ1) is 17.0. The van der Waals surface area contributed by atoms with Crippen molar-refractivity contribution in [3.63, 3.8) is 0 Å². The Morgan fingerprint density at radius 1 is 1.14 bits per heavy atom. The van der Waals surface area contributed by atoms with Gasteiger partial charge in [0.15, 0.2) is 6.61 Å². The number of hydrogen-bond acceptors (Lipinski definition) is 3. The van der Waals surface area contributed by atoms with Crippen LogP contribution in [0.1, 0.15) is 18.1 Å². The molecule has 0 saturated carbocycles. The van der Waals surface area contributed by atoms with Gasteiger partial charge in [-0.05, 0) is 64.7 Å². The minimum absolute atomic E-state index is 0.142. The summed E-state index contributed by atoms with van der Waals surface area (Å²) >= 11 is 6.83. The third-order valence-corrected chi connectivity index (χ3v) is 4.14. The second kappa shape index (κ2) is 7.79. The Morgan fingerprint density at radius 2 is 1.82 bits per heavy atom. The van der Waals surface area contributed by atoms with E-state index in [-0.39, 0.29) is 6.61 Å². The predicted molar refractivity (Wildman–Crippen MR) is 93.5 cm³/mol. The highest BCUT2D eigenvalue weighted by molar-refractivity contribution is 9.11. The number of ether oxygens (including phenoxy) is 2.